The molecular formula is C18H27ClN4O. The number of amides is 2. The lowest BCUT2D eigenvalue weighted by Gasteiger charge is -2.30. The Hall–Kier alpha value is -1.46. The number of likely N-dealkylation sites (N-methyl/N-ethyl adjacent to an activating group) is 1. The molecule has 6 heteroatoms. The zero-order valence-corrected chi connectivity index (χ0v) is 15.1. The molecule has 1 aromatic rings. The molecule has 0 bridgehead atoms. The fourth-order valence-electron chi connectivity index (χ4n) is 3.64. The second kappa shape index (κ2) is 8.08. The van der Waals surface area contributed by atoms with E-state index in [-0.39, 0.29) is 12.1 Å². The predicted molar refractivity (Wildman–Crippen MR) is 98.8 cm³/mol. The van der Waals surface area contributed by atoms with Gasteiger partial charge in [0.1, 0.15) is 0 Å². The second-order valence-electron chi connectivity index (χ2n) is 7.03. The van der Waals surface area contributed by atoms with E-state index in [0.717, 1.165) is 57.0 Å². The monoisotopic (exact) mass is 350 g/mol. The van der Waals surface area contributed by atoms with Gasteiger partial charge >= 0.3 is 6.03 Å². The number of rotatable bonds is 4. The normalized spacial score (nSPS) is 24.8. The average Bonchev–Trinajstić information content (AvgIpc) is 3.03. The van der Waals surface area contributed by atoms with Gasteiger partial charge in [-0.1, -0.05) is 11.6 Å². The third kappa shape index (κ3) is 4.77. The summed E-state index contributed by atoms with van der Waals surface area (Å²) in [5.41, 5.74) is 1.21. The lowest BCUT2D eigenvalue weighted by molar-refractivity contribution is 0.208. The molecule has 2 atom stereocenters. The molecule has 2 saturated heterocycles. The summed E-state index contributed by atoms with van der Waals surface area (Å²) in [5.74, 6) is 0.500. The van der Waals surface area contributed by atoms with Crippen LogP contribution in [-0.4, -0.2) is 56.7 Å². The van der Waals surface area contributed by atoms with Gasteiger partial charge in [0.15, 0.2) is 0 Å². The van der Waals surface area contributed by atoms with Gasteiger partial charge in [0.25, 0.3) is 0 Å². The highest BCUT2D eigenvalue weighted by Crippen LogP contribution is 2.24. The summed E-state index contributed by atoms with van der Waals surface area (Å²) in [7, 11) is 2.11. The number of anilines is 1. The highest BCUT2D eigenvalue weighted by Gasteiger charge is 2.24. The van der Waals surface area contributed by atoms with Crippen LogP contribution in [0.1, 0.15) is 19.3 Å². The molecule has 2 fully saturated rings. The summed E-state index contributed by atoms with van der Waals surface area (Å²) in [6.07, 6.45) is 3.33. The number of hydrogen-bond acceptors (Lipinski definition) is 3. The van der Waals surface area contributed by atoms with Crippen LogP contribution in [0.3, 0.4) is 0 Å². The minimum absolute atomic E-state index is 0.0276. The number of urea groups is 1. The first-order valence-corrected chi connectivity index (χ1v) is 9.21. The Kier molecular flexibility index (Phi) is 5.85. The van der Waals surface area contributed by atoms with E-state index in [1.165, 1.54) is 5.69 Å². The van der Waals surface area contributed by atoms with Crippen molar-refractivity contribution in [1.82, 2.24) is 15.5 Å². The average molecular weight is 351 g/mol. The van der Waals surface area contributed by atoms with Gasteiger partial charge in [-0.15, -0.1) is 0 Å². The summed E-state index contributed by atoms with van der Waals surface area (Å²) in [6.45, 7) is 4.82. The molecule has 2 N–H and O–H groups in total. The van der Waals surface area contributed by atoms with Gasteiger partial charge in [-0.3, -0.25) is 0 Å². The molecule has 0 aromatic heterocycles. The molecule has 132 valence electrons. The fourth-order valence-corrected chi connectivity index (χ4v) is 3.77. The van der Waals surface area contributed by atoms with Gasteiger partial charge in [0.2, 0.25) is 0 Å². The van der Waals surface area contributed by atoms with Gasteiger partial charge < -0.3 is 20.4 Å². The first-order chi connectivity index (χ1) is 11.6. The number of nitrogens with one attached hydrogen (secondary N) is 2. The van der Waals surface area contributed by atoms with E-state index in [0.29, 0.717) is 5.92 Å². The summed E-state index contributed by atoms with van der Waals surface area (Å²) < 4.78 is 0. The number of likely N-dealkylation sites (tertiary alicyclic amines) is 1. The molecule has 2 aliphatic rings. The van der Waals surface area contributed by atoms with E-state index in [1.54, 1.807) is 0 Å². The van der Waals surface area contributed by atoms with Crippen LogP contribution in [0.4, 0.5) is 10.5 Å². The van der Waals surface area contributed by atoms with Crippen molar-refractivity contribution in [2.45, 2.75) is 25.3 Å². The van der Waals surface area contributed by atoms with Crippen LogP contribution >= 0.6 is 11.6 Å². The highest BCUT2D eigenvalue weighted by molar-refractivity contribution is 6.30. The molecule has 0 radical (unpaired) electrons. The molecule has 1 aromatic carbocycles. The van der Waals surface area contributed by atoms with E-state index in [9.17, 15) is 4.79 Å². The zero-order valence-electron chi connectivity index (χ0n) is 14.3. The smallest absolute Gasteiger partial charge is 0.315 e. The van der Waals surface area contributed by atoms with Gasteiger partial charge in [-0.2, -0.15) is 0 Å². The quantitative estimate of drug-likeness (QED) is 0.877. The number of hydrogen-bond donors (Lipinski definition) is 2. The summed E-state index contributed by atoms with van der Waals surface area (Å²) in [4.78, 5) is 16.7. The third-order valence-corrected chi connectivity index (χ3v) is 5.24. The van der Waals surface area contributed by atoms with Crippen molar-refractivity contribution in [3.63, 3.8) is 0 Å². The fraction of sp³-hybridized carbons (Fsp3) is 0.611. The number of halogens is 1. The zero-order chi connectivity index (χ0) is 16.9. The number of nitrogens with zero attached hydrogens (tertiary/aromatic N) is 2. The van der Waals surface area contributed by atoms with Crippen molar-refractivity contribution in [3.05, 3.63) is 29.3 Å². The Morgan fingerprint density at radius 2 is 2.00 bits per heavy atom. The maximum Gasteiger partial charge on any atom is 0.315 e. The van der Waals surface area contributed by atoms with E-state index < -0.39 is 0 Å². The Bertz CT molecular complexity index is 550. The molecule has 2 aliphatic heterocycles. The van der Waals surface area contributed by atoms with Crippen LogP contribution < -0.4 is 15.5 Å². The molecule has 0 unspecified atom stereocenters. The number of piperidine rings is 1. The molecule has 24 heavy (non-hydrogen) atoms. The van der Waals surface area contributed by atoms with Crippen LogP contribution in [0, 0.1) is 5.92 Å². The van der Waals surface area contributed by atoms with E-state index in [2.05, 4.69) is 39.6 Å². The summed E-state index contributed by atoms with van der Waals surface area (Å²) >= 11 is 5.94. The van der Waals surface area contributed by atoms with Crippen LogP contribution in [0.15, 0.2) is 24.3 Å². The Morgan fingerprint density at radius 1 is 1.21 bits per heavy atom. The first-order valence-electron chi connectivity index (χ1n) is 8.83. The predicted octanol–water partition coefficient (Wildman–Crippen LogP) is 2.56. The maximum absolute atomic E-state index is 12.1. The molecule has 0 saturated carbocycles. The van der Waals surface area contributed by atoms with E-state index >= 15 is 0 Å². The largest absolute Gasteiger partial charge is 0.371 e. The topological polar surface area (TPSA) is 47.6 Å². The molecule has 0 spiro atoms. The molecule has 2 amide bonds. The van der Waals surface area contributed by atoms with Gasteiger partial charge in [-0.05, 0) is 63.0 Å². The molecule has 5 nitrogen and oxygen atoms in total. The minimum Gasteiger partial charge on any atom is -0.371 e. The highest BCUT2D eigenvalue weighted by atomic mass is 35.5. The third-order valence-electron chi connectivity index (χ3n) is 4.99. The van der Waals surface area contributed by atoms with Gasteiger partial charge in [0.05, 0.1) is 0 Å². The van der Waals surface area contributed by atoms with Crippen LogP contribution in [0.2, 0.25) is 5.02 Å². The standard InChI is InChI=1S/C18H27ClN4O/c1-22-9-2-3-16(13-22)21-18(24)20-11-14-8-10-23(12-14)17-6-4-15(19)5-7-17/h4-7,14,16H,2-3,8-13H2,1H3,(H2,20,21,24)/t14-,16+/m1/s1. The molecule has 0 aliphatic carbocycles. The van der Waals surface area contributed by atoms with Crippen LogP contribution in [0.5, 0.6) is 0 Å². The van der Waals surface area contributed by atoms with Crippen LogP contribution in [0.25, 0.3) is 0 Å². The van der Waals surface area contributed by atoms with Crippen LogP contribution in [-0.2, 0) is 0 Å². The molecule has 2 heterocycles. The second-order valence-corrected chi connectivity index (χ2v) is 7.47. The van der Waals surface area contributed by atoms with Crippen molar-refractivity contribution < 1.29 is 4.79 Å². The van der Waals surface area contributed by atoms with Crippen molar-refractivity contribution in [2.24, 2.45) is 5.92 Å². The maximum atomic E-state index is 12.1. The first kappa shape index (κ1) is 17.4. The lowest BCUT2D eigenvalue weighted by Crippen LogP contribution is -2.50. The van der Waals surface area contributed by atoms with Crippen molar-refractivity contribution in [2.75, 3.05) is 44.7 Å². The number of carbonyl (C=O) groups is 1. The van der Waals surface area contributed by atoms with Crippen molar-refractivity contribution in [1.29, 1.82) is 0 Å². The van der Waals surface area contributed by atoms with E-state index in [1.807, 2.05) is 12.1 Å². The van der Waals surface area contributed by atoms with Crippen molar-refractivity contribution >= 4 is 23.3 Å². The Morgan fingerprint density at radius 3 is 2.75 bits per heavy atom. The lowest BCUT2D eigenvalue weighted by atomic mass is 10.1. The van der Waals surface area contributed by atoms with E-state index in [4.69, 9.17) is 11.6 Å². The molecular weight excluding hydrogens is 324 g/mol. The minimum atomic E-state index is -0.0276. The van der Waals surface area contributed by atoms with Gasteiger partial charge in [0, 0.05) is 42.9 Å². The number of carbonyl (C=O) groups excluding carboxylic acids is 1. The SMILES string of the molecule is CN1CCC[C@H](NC(=O)NC[C@H]2CCN(c3ccc(Cl)cc3)C2)C1. The molecule has 3 rings (SSSR count). The Balaban J connectivity index is 1.39. The summed E-state index contributed by atoms with van der Waals surface area (Å²) in [5, 5.41) is 6.92. The van der Waals surface area contributed by atoms with Gasteiger partial charge in [-0.25, -0.2) is 4.79 Å². The van der Waals surface area contributed by atoms with Crippen molar-refractivity contribution in [3.8, 4) is 0 Å². The Labute approximate surface area is 149 Å². The summed E-state index contributed by atoms with van der Waals surface area (Å²) in [6, 6.07) is 8.22. The number of benzene rings is 1.